The number of rotatable bonds is 4. The molecule has 1 aromatic heterocycles. The molecule has 8 heteroatoms. The lowest BCUT2D eigenvalue weighted by Gasteiger charge is -2.40. The summed E-state index contributed by atoms with van der Waals surface area (Å²) in [6.45, 7) is 4.56. The first-order valence-electron chi connectivity index (χ1n) is 7.60. The summed E-state index contributed by atoms with van der Waals surface area (Å²) in [4.78, 5) is 19.3. The summed E-state index contributed by atoms with van der Waals surface area (Å²) in [7, 11) is 0. The normalized spacial score (nSPS) is 19.7. The molecule has 0 aromatic carbocycles. The number of anilines is 1. The smallest absolute Gasteiger partial charge is 0.354 e. The van der Waals surface area contributed by atoms with Gasteiger partial charge < -0.3 is 10.2 Å². The molecule has 1 aliphatic rings. The number of carbonyl (C=O) groups is 1. The number of hydrogen-bond donors (Lipinski definition) is 1. The van der Waals surface area contributed by atoms with E-state index in [1.54, 1.807) is 19.1 Å². The van der Waals surface area contributed by atoms with E-state index in [9.17, 15) is 18.0 Å². The number of alkyl halides is 3. The second-order valence-corrected chi connectivity index (χ2v) is 5.65. The molecule has 2 rings (SSSR count). The molecule has 1 aliphatic heterocycles. The van der Waals surface area contributed by atoms with Gasteiger partial charge in [0.15, 0.2) is 0 Å². The second kappa shape index (κ2) is 7.16. The third-order valence-corrected chi connectivity index (χ3v) is 3.82. The van der Waals surface area contributed by atoms with Crippen molar-refractivity contribution in [3.8, 4) is 0 Å². The molecule has 2 heterocycles. The van der Waals surface area contributed by atoms with E-state index in [0.29, 0.717) is 37.6 Å². The van der Waals surface area contributed by atoms with Crippen molar-refractivity contribution in [3.05, 3.63) is 23.9 Å². The molecule has 0 aliphatic carbocycles. The molecule has 1 fully saturated rings. The SMILES string of the molecule is CCNC(=O)c1ccc(N2CCN(CC(F)(F)F)C(C)C2)nc1. The largest absolute Gasteiger partial charge is 0.401 e. The zero-order chi connectivity index (χ0) is 17.0. The predicted octanol–water partition coefficient (Wildman–Crippen LogP) is 1.90. The van der Waals surface area contributed by atoms with Crippen LogP contribution in [-0.2, 0) is 0 Å². The molecule has 1 aromatic rings. The van der Waals surface area contributed by atoms with Crippen molar-refractivity contribution in [2.24, 2.45) is 0 Å². The maximum atomic E-state index is 12.5. The Hall–Kier alpha value is -1.83. The van der Waals surface area contributed by atoms with Crippen LogP contribution in [-0.4, -0.2) is 60.7 Å². The topological polar surface area (TPSA) is 48.5 Å². The number of halogens is 3. The highest BCUT2D eigenvalue weighted by Gasteiger charge is 2.35. The minimum absolute atomic E-state index is 0.185. The minimum Gasteiger partial charge on any atom is -0.354 e. The molecule has 0 saturated carbocycles. The average molecular weight is 330 g/mol. The molecule has 5 nitrogen and oxygen atoms in total. The minimum atomic E-state index is -4.18. The highest BCUT2D eigenvalue weighted by molar-refractivity contribution is 5.93. The summed E-state index contributed by atoms with van der Waals surface area (Å²) >= 11 is 0. The van der Waals surface area contributed by atoms with Crippen LogP contribution in [0.15, 0.2) is 18.3 Å². The van der Waals surface area contributed by atoms with Gasteiger partial charge in [0, 0.05) is 38.4 Å². The second-order valence-electron chi connectivity index (χ2n) is 5.65. The highest BCUT2D eigenvalue weighted by Crippen LogP contribution is 2.22. The molecule has 1 amide bonds. The van der Waals surface area contributed by atoms with Gasteiger partial charge in [-0.2, -0.15) is 13.2 Å². The number of piperazine rings is 1. The third-order valence-electron chi connectivity index (χ3n) is 3.82. The van der Waals surface area contributed by atoms with Crippen LogP contribution in [0.1, 0.15) is 24.2 Å². The Kier molecular flexibility index (Phi) is 5.46. The fourth-order valence-corrected chi connectivity index (χ4v) is 2.64. The Morgan fingerprint density at radius 1 is 1.39 bits per heavy atom. The molecule has 1 unspecified atom stereocenters. The van der Waals surface area contributed by atoms with Crippen molar-refractivity contribution in [3.63, 3.8) is 0 Å². The fraction of sp³-hybridized carbons (Fsp3) is 0.600. The molecule has 1 saturated heterocycles. The molecule has 1 N–H and O–H groups in total. The van der Waals surface area contributed by atoms with Crippen molar-refractivity contribution < 1.29 is 18.0 Å². The third kappa shape index (κ3) is 4.82. The number of amides is 1. The van der Waals surface area contributed by atoms with Gasteiger partial charge in [-0.15, -0.1) is 0 Å². The van der Waals surface area contributed by atoms with Gasteiger partial charge in [0.25, 0.3) is 5.91 Å². The van der Waals surface area contributed by atoms with Crippen molar-refractivity contribution in [1.82, 2.24) is 15.2 Å². The number of nitrogens with one attached hydrogen (secondary N) is 1. The summed E-state index contributed by atoms with van der Waals surface area (Å²) in [6, 6.07) is 3.20. The maximum absolute atomic E-state index is 12.5. The van der Waals surface area contributed by atoms with E-state index >= 15 is 0 Å². The molecule has 128 valence electrons. The summed E-state index contributed by atoms with van der Waals surface area (Å²) in [5.41, 5.74) is 0.472. The molecular formula is C15H21F3N4O. The van der Waals surface area contributed by atoms with E-state index in [4.69, 9.17) is 0 Å². The van der Waals surface area contributed by atoms with Gasteiger partial charge in [-0.05, 0) is 26.0 Å². The Morgan fingerprint density at radius 3 is 2.65 bits per heavy atom. The van der Waals surface area contributed by atoms with Crippen LogP contribution in [0, 0.1) is 0 Å². The quantitative estimate of drug-likeness (QED) is 0.916. The Bertz CT molecular complexity index is 533. The Labute approximate surface area is 133 Å². The molecule has 0 radical (unpaired) electrons. The Balaban J connectivity index is 1.97. The van der Waals surface area contributed by atoms with Gasteiger partial charge in [0.05, 0.1) is 12.1 Å². The van der Waals surface area contributed by atoms with Crippen molar-refractivity contribution in [2.45, 2.75) is 26.1 Å². The first kappa shape index (κ1) is 17.5. The van der Waals surface area contributed by atoms with Gasteiger partial charge in [-0.25, -0.2) is 4.98 Å². The number of nitrogens with zero attached hydrogens (tertiary/aromatic N) is 3. The molecule has 23 heavy (non-hydrogen) atoms. The lowest BCUT2D eigenvalue weighted by Crippen LogP contribution is -2.54. The predicted molar refractivity (Wildman–Crippen MR) is 81.5 cm³/mol. The lowest BCUT2D eigenvalue weighted by atomic mass is 10.2. The van der Waals surface area contributed by atoms with Crippen molar-refractivity contribution in [1.29, 1.82) is 0 Å². The Morgan fingerprint density at radius 2 is 2.13 bits per heavy atom. The average Bonchev–Trinajstić information content (AvgIpc) is 2.48. The van der Waals surface area contributed by atoms with Crippen LogP contribution < -0.4 is 10.2 Å². The van der Waals surface area contributed by atoms with Gasteiger partial charge in [0.2, 0.25) is 0 Å². The van der Waals surface area contributed by atoms with E-state index < -0.39 is 12.7 Å². The number of pyridine rings is 1. The van der Waals surface area contributed by atoms with Gasteiger partial charge in [-0.1, -0.05) is 0 Å². The van der Waals surface area contributed by atoms with E-state index in [-0.39, 0.29) is 11.9 Å². The van der Waals surface area contributed by atoms with Crippen LogP contribution in [0.5, 0.6) is 0 Å². The highest BCUT2D eigenvalue weighted by atomic mass is 19.4. The van der Waals surface area contributed by atoms with Crippen LogP contribution in [0.4, 0.5) is 19.0 Å². The van der Waals surface area contributed by atoms with Gasteiger partial charge in [-0.3, -0.25) is 9.69 Å². The first-order valence-corrected chi connectivity index (χ1v) is 7.60. The summed E-state index contributed by atoms with van der Waals surface area (Å²) < 4.78 is 37.5. The zero-order valence-electron chi connectivity index (χ0n) is 13.2. The van der Waals surface area contributed by atoms with E-state index in [2.05, 4.69) is 10.3 Å². The maximum Gasteiger partial charge on any atom is 0.401 e. The molecule has 1 atom stereocenters. The number of hydrogen-bond acceptors (Lipinski definition) is 4. The van der Waals surface area contributed by atoms with E-state index in [0.717, 1.165) is 0 Å². The summed E-state index contributed by atoms with van der Waals surface area (Å²) in [5, 5.41) is 2.69. The first-order chi connectivity index (χ1) is 10.8. The molecule has 0 spiro atoms. The van der Waals surface area contributed by atoms with Crippen molar-refractivity contribution >= 4 is 11.7 Å². The summed E-state index contributed by atoms with van der Waals surface area (Å²) in [5.74, 6) is 0.492. The number of carbonyl (C=O) groups excluding carboxylic acids is 1. The van der Waals surface area contributed by atoms with Gasteiger partial charge in [0.1, 0.15) is 5.82 Å². The van der Waals surface area contributed by atoms with E-state index in [1.807, 2.05) is 11.8 Å². The monoisotopic (exact) mass is 330 g/mol. The van der Waals surface area contributed by atoms with Crippen LogP contribution in [0.2, 0.25) is 0 Å². The standard InChI is InChI=1S/C15H21F3N4O/c1-3-19-14(23)12-4-5-13(20-8-12)21-6-7-22(11(2)9-21)10-15(16,17)18/h4-5,8,11H,3,6-7,9-10H2,1-2H3,(H,19,23). The van der Waals surface area contributed by atoms with Crippen LogP contribution in [0.25, 0.3) is 0 Å². The fourth-order valence-electron chi connectivity index (χ4n) is 2.64. The van der Waals surface area contributed by atoms with Gasteiger partial charge >= 0.3 is 6.18 Å². The lowest BCUT2D eigenvalue weighted by molar-refractivity contribution is -0.150. The zero-order valence-corrected chi connectivity index (χ0v) is 13.2. The molecular weight excluding hydrogens is 309 g/mol. The number of aromatic nitrogens is 1. The molecule has 0 bridgehead atoms. The van der Waals surface area contributed by atoms with E-state index in [1.165, 1.54) is 11.1 Å². The van der Waals surface area contributed by atoms with Crippen molar-refractivity contribution in [2.75, 3.05) is 37.6 Å². The van der Waals surface area contributed by atoms with Crippen LogP contribution in [0.3, 0.4) is 0 Å². The van der Waals surface area contributed by atoms with Crippen LogP contribution >= 0.6 is 0 Å². The summed E-state index contributed by atoms with van der Waals surface area (Å²) in [6.07, 6.45) is -2.68.